The van der Waals surface area contributed by atoms with Gasteiger partial charge in [-0.1, -0.05) is 6.07 Å². The number of piperazine rings is 2. The molecule has 0 radical (unpaired) electrons. The molecule has 33 heavy (non-hydrogen) atoms. The average Bonchev–Trinajstić information content (AvgIpc) is 2.82. The summed E-state index contributed by atoms with van der Waals surface area (Å²) in [5.41, 5.74) is 2.88. The lowest BCUT2D eigenvalue weighted by Crippen LogP contribution is -2.49. The number of β-amino-alcohol motifs (C(OH)–C–C–N with tert-alkyl or cyclic N) is 1. The highest BCUT2D eigenvalue weighted by Crippen LogP contribution is 2.25. The van der Waals surface area contributed by atoms with E-state index < -0.39 is 10.0 Å². The van der Waals surface area contributed by atoms with Crippen molar-refractivity contribution in [1.29, 1.82) is 0 Å². The summed E-state index contributed by atoms with van der Waals surface area (Å²) in [5, 5.41) is 17.9. The van der Waals surface area contributed by atoms with Crippen LogP contribution in [0.4, 0.5) is 11.6 Å². The fourth-order valence-corrected chi connectivity index (χ4v) is 6.22. The number of aryl methyl sites for hydroxylation is 3. The summed E-state index contributed by atoms with van der Waals surface area (Å²) in [6.07, 6.45) is 0. The van der Waals surface area contributed by atoms with Gasteiger partial charge in [0.1, 0.15) is 0 Å². The zero-order valence-electron chi connectivity index (χ0n) is 19.7. The Morgan fingerprint density at radius 2 is 1.30 bits per heavy atom. The number of hydrogen-bond acceptors (Lipinski definition) is 8. The van der Waals surface area contributed by atoms with Gasteiger partial charge in [0.2, 0.25) is 10.0 Å². The summed E-state index contributed by atoms with van der Waals surface area (Å²) >= 11 is 0. The minimum absolute atomic E-state index is 0.188. The maximum absolute atomic E-state index is 13.3. The Morgan fingerprint density at radius 1 is 0.788 bits per heavy atom. The second-order valence-corrected chi connectivity index (χ2v) is 10.8. The number of sulfonamides is 1. The topological polar surface area (TPSA) is 93.1 Å². The van der Waals surface area contributed by atoms with E-state index in [-0.39, 0.29) is 6.61 Å². The van der Waals surface area contributed by atoms with Gasteiger partial charge in [-0.25, -0.2) is 8.42 Å². The zero-order valence-corrected chi connectivity index (χ0v) is 20.6. The predicted octanol–water partition coefficient (Wildman–Crippen LogP) is 1.03. The maximum Gasteiger partial charge on any atom is 0.243 e. The first-order valence-electron chi connectivity index (χ1n) is 11.5. The highest BCUT2D eigenvalue weighted by atomic mass is 32.2. The number of anilines is 2. The lowest BCUT2D eigenvalue weighted by atomic mass is 10.1. The van der Waals surface area contributed by atoms with E-state index in [1.165, 1.54) is 0 Å². The van der Waals surface area contributed by atoms with Crippen molar-refractivity contribution in [2.75, 3.05) is 75.3 Å². The number of hydrogen-bond donors (Lipinski definition) is 1. The number of aliphatic hydroxyl groups is 1. The second-order valence-electron chi connectivity index (χ2n) is 8.90. The number of aromatic nitrogens is 2. The van der Waals surface area contributed by atoms with Gasteiger partial charge in [-0.3, -0.25) is 4.90 Å². The Bertz CT molecular complexity index is 1060. The second kappa shape index (κ2) is 9.92. The molecule has 2 aliphatic rings. The van der Waals surface area contributed by atoms with Crippen LogP contribution in [-0.4, -0.2) is 98.4 Å². The normalized spacial score (nSPS) is 18.7. The molecule has 2 aromatic rings. The van der Waals surface area contributed by atoms with E-state index in [2.05, 4.69) is 24.9 Å². The summed E-state index contributed by atoms with van der Waals surface area (Å²) in [6, 6.07) is 7.70. The Kier molecular flexibility index (Phi) is 7.18. The van der Waals surface area contributed by atoms with E-state index in [1.54, 1.807) is 10.4 Å². The van der Waals surface area contributed by atoms with Crippen molar-refractivity contribution in [2.45, 2.75) is 25.7 Å². The van der Waals surface area contributed by atoms with Gasteiger partial charge in [0.15, 0.2) is 11.6 Å². The molecule has 2 saturated heterocycles. The van der Waals surface area contributed by atoms with Crippen molar-refractivity contribution in [1.82, 2.24) is 19.4 Å². The molecule has 0 atom stereocenters. The first kappa shape index (κ1) is 23.9. The van der Waals surface area contributed by atoms with Crippen LogP contribution in [0.25, 0.3) is 0 Å². The molecule has 9 nitrogen and oxygen atoms in total. The summed E-state index contributed by atoms with van der Waals surface area (Å²) in [5.74, 6) is 1.63. The van der Waals surface area contributed by atoms with Gasteiger partial charge in [0, 0.05) is 58.9 Å². The SMILES string of the molecule is Cc1cc(C)c(S(=O)(=O)N2CCN(c3ccc(N4CCN(CCO)CC4)nn3)CC2)cc1C. The van der Waals surface area contributed by atoms with Crippen LogP contribution in [0.2, 0.25) is 0 Å². The largest absolute Gasteiger partial charge is 0.395 e. The Balaban J connectivity index is 1.37. The van der Waals surface area contributed by atoms with Gasteiger partial charge in [0.25, 0.3) is 0 Å². The minimum atomic E-state index is -3.52. The average molecular weight is 475 g/mol. The van der Waals surface area contributed by atoms with Gasteiger partial charge in [0.05, 0.1) is 11.5 Å². The summed E-state index contributed by atoms with van der Waals surface area (Å²) in [7, 11) is -3.52. The van der Waals surface area contributed by atoms with E-state index >= 15 is 0 Å². The standard InChI is InChI=1S/C23H34N6O3S/c1-18-16-20(3)21(17-19(18)2)33(31,32)29-12-10-28(11-13-29)23-5-4-22(24-25-23)27-8-6-26(7-9-27)14-15-30/h4-5,16-17,30H,6-15H2,1-3H3. The quantitative estimate of drug-likeness (QED) is 0.664. The van der Waals surface area contributed by atoms with Crippen LogP contribution in [0.1, 0.15) is 16.7 Å². The molecule has 2 aliphatic heterocycles. The van der Waals surface area contributed by atoms with Gasteiger partial charge in [-0.15, -0.1) is 10.2 Å². The van der Waals surface area contributed by atoms with Crippen molar-refractivity contribution in [3.63, 3.8) is 0 Å². The van der Waals surface area contributed by atoms with E-state index in [0.717, 1.165) is 54.5 Å². The highest BCUT2D eigenvalue weighted by Gasteiger charge is 2.30. The molecular weight excluding hydrogens is 440 g/mol. The molecule has 3 heterocycles. The van der Waals surface area contributed by atoms with Crippen LogP contribution in [0.3, 0.4) is 0 Å². The van der Waals surface area contributed by atoms with E-state index in [0.29, 0.717) is 37.6 Å². The Labute approximate surface area is 196 Å². The van der Waals surface area contributed by atoms with Crippen molar-refractivity contribution in [3.8, 4) is 0 Å². The lowest BCUT2D eigenvalue weighted by Gasteiger charge is -2.36. The van der Waals surface area contributed by atoms with Gasteiger partial charge < -0.3 is 14.9 Å². The third-order valence-electron chi connectivity index (χ3n) is 6.72. The highest BCUT2D eigenvalue weighted by molar-refractivity contribution is 7.89. The molecule has 4 rings (SSSR count). The monoisotopic (exact) mass is 474 g/mol. The molecule has 0 bridgehead atoms. The smallest absolute Gasteiger partial charge is 0.243 e. The van der Waals surface area contributed by atoms with E-state index in [1.807, 2.05) is 39.0 Å². The fraction of sp³-hybridized carbons (Fsp3) is 0.565. The first-order valence-corrected chi connectivity index (χ1v) is 13.0. The number of benzene rings is 1. The van der Waals surface area contributed by atoms with Crippen molar-refractivity contribution in [3.05, 3.63) is 41.0 Å². The third-order valence-corrected chi connectivity index (χ3v) is 8.76. The molecule has 2 fully saturated rings. The van der Waals surface area contributed by atoms with Gasteiger partial charge >= 0.3 is 0 Å². The number of aliphatic hydroxyl groups excluding tert-OH is 1. The van der Waals surface area contributed by atoms with Crippen LogP contribution < -0.4 is 9.80 Å². The van der Waals surface area contributed by atoms with Gasteiger partial charge in [-0.2, -0.15) is 4.31 Å². The molecule has 1 aromatic carbocycles. The molecule has 0 unspecified atom stereocenters. The van der Waals surface area contributed by atoms with Crippen molar-refractivity contribution in [2.24, 2.45) is 0 Å². The van der Waals surface area contributed by atoms with Crippen molar-refractivity contribution < 1.29 is 13.5 Å². The number of rotatable bonds is 6. The predicted molar refractivity (Wildman–Crippen MR) is 129 cm³/mol. The Hall–Kier alpha value is -2.27. The van der Waals surface area contributed by atoms with Crippen LogP contribution in [-0.2, 0) is 10.0 Å². The van der Waals surface area contributed by atoms with Gasteiger partial charge in [-0.05, 0) is 55.7 Å². The summed E-state index contributed by atoms with van der Waals surface area (Å²) in [6.45, 7) is 12.2. The van der Waals surface area contributed by atoms with Crippen LogP contribution in [0.5, 0.6) is 0 Å². The fourth-order valence-electron chi connectivity index (χ4n) is 4.51. The maximum atomic E-state index is 13.3. The molecular formula is C23H34N6O3S. The van der Waals surface area contributed by atoms with Crippen LogP contribution in [0.15, 0.2) is 29.2 Å². The molecule has 0 spiro atoms. The van der Waals surface area contributed by atoms with Crippen molar-refractivity contribution >= 4 is 21.7 Å². The van der Waals surface area contributed by atoms with E-state index in [9.17, 15) is 8.42 Å². The molecule has 1 N–H and O–H groups in total. The molecule has 10 heteroatoms. The Morgan fingerprint density at radius 3 is 1.82 bits per heavy atom. The summed E-state index contributed by atoms with van der Waals surface area (Å²) < 4.78 is 28.1. The molecule has 0 saturated carbocycles. The molecule has 180 valence electrons. The molecule has 0 amide bonds. The molecule has 1 aromatic heterocycles. The number of nitrogens with zero attached hydrogens (tertiary/aromatic N) is 6. The first-order chi connectivity index (χ1) is 15.8. The lowest BCUT2D eigenvalue weighted by molar-refractivity contribution is 0.188. The third kappa shape index (κ3) is 5.13. The molecule has 0 aliphatic carbocycles. The zero-order chi connectivity index (χ0) is 23.6. The minimum Gasteiger partial charge on any atom is -0.395 e. The van der Waals surface area contributed by atoms with Crippen LogP contribution in [0, 0.1) is 20.8 Å². The summed E-state index contributed by atoms with van der Waals surface area (Å²) in [4.78, 5) is 6.95. The van der Waals surface area contributed by atoms with Crippen LogP contribution >= 0.6 is 0 Å². The van der Waals surface area contributed by atoms with E-state index in [4.69, 9.17) is 5.11 Å².